The van der Waals surface area contributed by atoms with E-state index in [1.807, 2.05) is 54.6 Å². The highest BCUT2D eigenvalue weighted by Gasteiger charge is 2.43. The van der Waals surface area contributed by atoms with Gasteiger partial charge in [0.05, 0.1) is 31.4 Å². The number of ether oxygens (including phenoxy) is 2. The van der Waals surface area contributed by atoms with Crippen molar-refractivity contribution in [1.29, 1.82) is 0 Å². The molecule has 196 valence electrons. The molecule has 1 atom stereocenters. The van der Waals surface area contributed by atoms with Crippen LogP contribution in [-0.4, -0.2) is 72.6 Å². The lowest BCUT2D eigenvalue weighted by Crippen LogP contribution is -2.43. The van der Waals surface area contributed by atoms with Crippen LogP contribution in [0.4, 0.5) is 0 Å². The van der Waals surface area contributed by atoms with Crippen LogP contribution in [0.3, 0.4) is 0 Å². The topological polar surface area (TPSA) is 79.3 Å². The van der Waals surface area contributed by atoms with Crippen molar-refractivity contribution in [2.24, 2.45) is 0 Å². The summed E-state index contributed by atoms with van der Waals surface area (Å²) in [7, 11) is 0. The van der Waals surface area contributed by atoms with Crippen LogP contribution >= 0.6 is 0 Å². The Labute approximate surface area is 219 Å². The zero-order valence-electron chi connectivity index (χ0n) is 21.5. The predicted octanol–water partition coefficient (Wildman–Crippen LogP) is 4.57. The summed E-state index contributed by atoms with van der Waals surface area (Å²) in [5.74, 6) is -0.706. The second-order valence-corrected chi connectivity index (χ2v) is 9.35. The molecular formula is C30H36N2O5. The summed E-state index contributed by atoms with van der Waals surface area (Å²) >= 11 is 0. The zero-order chi connectivity index (χ0) is 26.0. The van der Waals surface area contributed by atoms with Crippen molar-refractivity contribution in [1.82, 2.24) is 9.80 Å². The molecule has 0 aliphatic carbocycles. The molecule has 2 aromatic carbocycles. The van der Waals surface area contributed by atoms with Gasteiger partial charge in [0.15, 0.2) is 11.5 Å². The third-order valence-corrected chi connectivity index (χ3v) is 6.75. The fraction of sp³-hybridized carbons (Fsp3) is 0.400. The molecule has 1 saturated heterocycles. The number of benzene rings is 2. The van der Waals surface area contributed by atoms with E-state index < -0.39 is 17.7 Å². The van der Waals surface area contributed by atoms with E-state index in [-0.39, 0.29) is 11.4 Å². The highest BCUT2D eigenvalue weighted by Crippen LogP contribution is 2.39. The first-order valence-corrected chi connectivity index (χ1v) is 13.1. The van der Waals surface area contributed by atoms with Gasteiger partial charge >= 0.3 is 0 Å². The molecule has 0 aromatic heterocycles. The highest BCUT2D eigenvalue weighted by molar-refractivity contribution is 6.14. The summed E-state index contributed by atoms with van der Waals surface area (Å²) in [6, 6.07) is 16.3. The Balaban J connectivity index is 1.60. The Bertz CT molecular complexity index is 1120. The van der Waals surface area contributed by atoms with E-state index in [0.717, 1.165) is 43.5 Å². The van der Waals surface area contributed by atoms with Crippen LogP contribution in [0, 0.1) is 0 Å². The molecule has 2 aliphatic rings. The number of carbonyl (C=O) groups excluding carboxylic acids is 2. The molecule has 0 bridgehead atoms. The van der Waals surface area contributed by atoms with Crippen molar-refractivity contribution < 1.29 is 24.2 Å². The van der Waals surface area contributed by atoms with Crippen molar-refractivity contribution >= 4 is 17.8 Å². The standard InChI is InChI=1S/C30H36N2O5/c1-2-3-7-19-37-25-12-8-11-24(22-25)28-27(26(33)14-13-23-9-5-4-6-10-23)29(34)30(35)32(28)16-15-31-17-20-36-21-18-31/h4-6,8-14,22,28,34H,2-3,7,15-21H2,1H3. The van der Waals surface area contributed by atoms with Gasteiger partial charge in [-0.05, 0) is 35.8 Å². The Kier molecular flexibility index (Phi) is 9.52. The fourth-order valence-corrected chi connectivity index (χ4v) is 4.70. The van der Waals surface area contributed by atoms with Crippen LogP contribution in [0.2, 0.25) is 0 Å². The Morgan fingerprint density at radius 3 is 2.62 bits per heavy atom. The number of ketones is 1. The molecule has 2 aliphatic heterocycles. The van der Waals surface area contributed by atoms with E-state index in [9.17, 15) is 14.7 Å². The van der Waals surface area contributed by atoms with Crippen LogP contribution in [-0.2, 0) is 14.3 Å². The summed E-state index contributed by atoms with van der Waals surface area (Å²) in [6.45, 7) is 6.67. The first kappa shape index (κ1) is 26.6. The van der Waals surface area contributed by atoms with E-state index in [4.69, 9.17) is 9.47 Å². The van der Waals surface area contributed by atoms with Gasteiger partial charge in [-0.3, -0.25) is 14.5 Å². The number of aliphatic hydroxyl groups excluding tert-OH is 1. The lowest BCUT2D eigenvalue weighted by atomic mass is 9.95. The summed E-state index contributed by atoms with van der Waals surface area (Å²) in [5, 5.41) is 10.9. The quantitative estimate of drug-likeness (QED) is 0.337. The van der Waals surface area contributed by atoms with Crippen LogP contribution in [0.5, 0.6) is 5.75 Å². The van der Waals surface area contributed by atoms with Gasteiger partial charge < -0.3 is 19.5 Å². The van der Waals surface area contributed by atoms with Crippen LogP contribution < -0.4 is 4.74 Å². The van der Waals surface area contributed by atoms with E-state index in [1.54, 1.807) is 11.0 Å². The first-order chi connectivity index (χ1) is 18.1. The van der Waals surface area contributed by atoms with Crippen LogP contribution in [0.25, 0.3) is 6.08 Å². The fourth-order valence-electron chi connectivity index (χ4n) is 4.70. The molecule has 7 heteroatoms. The number of amides is 1. The number of morpholine rings is 1. The third kappa shape index (κ3) is 6.87. The van der Waals surface area contributed by atoms with Crippen molar-refractivity contribution in [3.8, 4) is 5.75 Å². The second kappa shape index (κ2) is 13.2. The van der Waals surface area contributed by atoms with E-state index in [2.05, 4.69) is 11.8 Å². The van der Waals surface area contributed by atoms with Crippen molar-refractivity contribution in [2.45, 2.75) is 32.2 Å². The molecule has 1 N–H and O–H groups in total. The van der Waals surface area contributed by atoms with Gasteiger partial charge in [0, 0.05) is 26.2 Å². The maximum absolute atomic E-state index is 13.4. The van der Waals surface area contributed by atoms with Gasteiger partial charge in [0.1, 0.15) is 5.75 Å². The normalized spacial score (nSPS) is 18.7. The number of hydrogen-bond donors (Lipinski definition) is 1. The summed E-state index contributed by atoms with van der Waals surface area (Å²) < 4.78 is 11.4. The minimum absolute atomic E-state index is 0.0993. The summed E-state index contributed by atoms with van der Waals surface area (Å²) in [5.41, 5.74) is 1.70. The number of rotatable bonds is 12. The molecule has 0 saturated carbocycles. The monoisotopic (exact) mass is 504 g/mol. The molecule has 4 rings (SSSR count). The Hall–Kier alpha value is -3.42. The van der Waals surface area contributed by atoms with Gasteiger partial charge in [-0.1, -0.05) is 68.3 Å². The minimum Gasteiger partial charge on any atom is -0.503 e. The molecule has 1 fully saturated rings. The lowest BCUT2D eigenvalue weighted by molar-refractivity contribution is -0.129. The van der Waals surface area contributed by atoms with E-state index in [1.165, 1.54) is 6.08 Å². The maximum atomic E-state index is 13.4. The Morgan fingerprint density at radius 2 is 1.86 bits per heavy atom. The van der Waals surface area contributed by atoms with Crippen molar-refractivity contribution in [3.05, 3.63) is 83.1 Å². The average Bonchev–Trinajstić information content (AvgIpc) is 3.19. The molecular weight excluding hydrogens is 468 g/mol. The first-order valence-electron chi connectivity index (χ1n) is 13.1. The highest BCUT2D eigenvalue weighted by atomic mass is 16.5. The van der Waals surface area contributed by atoms with Crippen molar-refractivity contribution in [3.63, 3.8) is 0 Å². The number of allylic oxidation sites excluding steroid dienone is 1. The van der Waals surface area contributed by atoms with Gasteiger partial charge in [0.2, 0.25) is 0 Å². The third-order valence-electron chi connectivity index (χ3n) is 6.75. The number of carbonyl (C=O) groups is 2. The van der Waals surface area contributed by atoms with E-state index in [0.29, 0.717) is 38.7 Å². The van der Waals surface area contributed by atoms with E-state index >= 15 is 0 Å². The van der Waals surface area contributed by atoms with Crippen molar-refractivity contribution in [2.75, 3.05) is 46.0 Å². The number of hydrogen-bond acceptors (Lipinski definition) is 6. The lowest BCUT2D eigenvalue weighted by Gasteiger charge is -2.31. The van der Waals surface area contributed by atoms with Gasteiger partial charge in [-0.2, -0.15) is 0 Å². The van der Waals surface area contributed by atoms with Crippen LogP contribution in [0.1, 0.15) is 43.4 Å². The number of unbranched alkanes of at least 4 members (excludes halogenated alkanes) is 2. The molecule has 2 aromatic rings. The second-order valence-electron chi connectivity index (χ2n) is 9.35. The average molecular weight is 505 g/mol. The minimum atomic E-state index is -0.694. The molecule has 0 spiro atoms. The number of aliphatic hydroxyl groups is 1. The number of nitrogens with zero attached hydrogens (tertiary/aromatic N) is 2. The molecule has 1 unspecified atom stereocenters. The Morgan fingerprint density at radius 1 is 1.08 bits per heavy atom. The molecule has 37 heavy (non-hydrogen) atoms. The summed E-state index contributed by atoms with van der Waals surface area (Å²) in [4.78, 5) is 30.5. The molecule has 1 amide bonds. The maximum Gasteiger partial charge on any atom is 0.290 e. The smallest absolute Gasteiger partial charge is 0.290 e. The predicted molar refractivity (Wildman–Crippen MR) is 143 cm³/mol. The molecule has 7 nitrogen and oxygen atoms in total. The van der Waals surface area contributed by atoms with Gasteiger partial charge in [-0.15, -0.1) is 0 Å². The SMILES string of the molecule is CCCCCOc1cccc(C2C(C(=O)C=Cc3ccccc3)=C(O)C(=O)N2CCN2CCOCC2)c1. The largest absolute Gasteiger partial charge is 0.503 e. The van der Waals surface area contributed by atoms with Gasteiger partial charge in [0.25, 0.3) is 5.91 Å². The molecule has 0 radical (unpaired) electrons. The van der Waals surface area contributed by atoms with Gasteiger partial charge in [-0.25, -0.2) is 0 Å². The van der Waals surface area contributed by atoms with Crippen LogP contribution in [0.15, 0.2) is 72.0 Å². The molecule has 2 heterocycles. The zero-order valence-corrected chi connectivity index (χ0v) is 21.5. The summed E-state index contributed by atoms with van der Waals surface area (Å²) in [6.07, 6.45) is 6.29.